The Morgan fingerprint density at radius 3 is 2.52 bits per heavy atom. The molecule has 5 nitrogen and oxygen atoms in total. The number of carbonyl (C=O) groups is 1. The van der Waals surface area contributed by atoms with Gasteiger partial charge in [0.2, 0.25) is 0 Å². The van der Waals surface area contributed by atoms with Gasteiger partial charge in [-0.15, -0.1) is 0 Å². The molecule has 2 rings (SSSR count). The number of aliphatic hydroxyl groups excluding tert-OH is 1. The normalized spacial score (nSPS) is 17.2. The molecule has 0 radical (unpaired) electrons. The van der Waals surface area contributed by atoms with Gasteiger partial charge in [-0.05, 0) is 57.7 Å². The fraction of sp³-hybridized carbons (Fsp3) is 0.611. The number of hydrogen-bond donors (Lipinski definition) is 2. The molecule has 0 aliphatic carbocycles. The molecule has 128 valence electrons. The molecule has 0 spiro atoms. The average molecular weight is 319 g/mol. The summed E-state index contributed by atoms with van der Waals surface area (Å²) < 4.78 is 0. The van der Waals surface area contributed by atoms with Crippen molar-refractivity contribution in [1.82, 2.24) is 4.90 Å². The predicted octanol–water partition coefficient (Wildman–Crippen LogP) is 3.16. The first-order valence-electron chi connectivity index (χ1n) is 8.45. The van der Waals surface area contributed by atoms with Crippen molar-refractivity contribution in [1.29, 1.82) is 0 Å². The van der Waals surface area contributed by atoms with Gasteiger partial charge in [0, 0.05) is 37.6 Å². The number of nitrogens with one attached hydrogen (secondary N) is 1. The maximum Gasteiger partial charge on any atom is 0.321 e. The molecule has 1 saturated heterocycles. The predicted molar refractivity (Wildman–Crippen MR) is 95.0 cm³/mol. The molecular weight excluding hydrogens is 290 g/mol. The van der Waals surface area contributed by atoms with Crippen LogP contribution in [0.3, 0.4) is 0 Å². The van der Waals surface area contributed by atoms with Crippen molar-refractivity contribution in [2.24, 2.45) is 5.92 Å². The number of anilines is 2. The van der Waals surface area contributed by atoms with Crippen LogP contribution in [0, 0.1) is 5.92 Å². The van der Waals surface area contributed by atoms with E-state index in [0.29, 0.717) is 25.0 Å². The van der Waals surface area contributed by atoms with Gasteiger partial charge >= 0.3 is 6.03 Å². The third-order valence-electron chi connectivity index (χ3n) is 4.79. The summed E-state index contributed by atoms with van der Waals surface area (Å²) in [5, 5.41) is 12.6. The van der Waals surface area contributed by atoms with Gasteiger partial charge in [0.15, 0.2) is 0 Å². The monoisotopic (exact) mass is 319 g/mol. The van der Waals surface area contributed by atoms with Gasteiger partial charge in [-0.1, -0.05) is 6.07 Å². The lowest BCUT2D eigenvalue weighted by Crippen LogP contribution is -2.42. The lowest BCUT2D eigenvalue weighted by atomic mass is 9.92. The molecule has 1 aliphatic rings. The summed E-state index contributed by atoms with van der Waals surface area (Å²) in [6, 6.07) is 8.27. The lowest BCUT2D eigenvalue weighted by molar-refractivity contribution is 0.0820. The zero-order chi connectivity index (χ0) is 17.0. The number of rotatable bonds is 4. The second-order valence-electron chi connectivity index (χ2n) is 6.75. The minimum Gasteiger partial charge on any atom is -0.393 e. The number of benzene rings is 1. The Morgan fingerprint density at radius 2 is 1.96 bits per heavy atom. The minimum atomic E-state index is -0.288. The minimum absolute atomic E-state index is 0.0570. The second-order valence-corrected chi connectivity index (χ2v) is 6.75. The SMILES string of the molecule is CC(O)C1CCN(C(=O)Nc2cccc(N(C)C(C)C)c2)CC1. The zero-order valence-corrected chi connectivity index (χ0v) is 14.6. The van der Waals surface area contributed by atoms with Crippen molar-refractivity contribution in [3.8, 4) is 0 Å². The van der Waals surface area contributed by atoms with Crippen LogP contribution in [0.1, 0.15) is 33.6 Å². The van der Waals surface area contributed by atoms with Crippen molar-refractivity contribution < 1.29 is 9.90 Å². The molecule has 0 bridgehead atoms. The molecule has 23 heavy (non-hydrogen) atoms. The summed E-state index contributed by atoms with van der Waals surface area (Å²) >= 11 is 0. The Hall–Kier alpha value is -1.75. The summed E-state index contributed by atoms with van der Waals surface area (Å²) in [5.74, 6) is 0.307. The Kier molecular flexibility index (Phi) is 5.88. The van der Waals surface area contributed by atoms with E-state index in [1.807, 2.05) is 43.1 Å². The molecule has 0 saturated carbocycles. The summed E-state index contributed by atoms with van der Waals surface area (Å²) in [4.78, 5) is 16.4. The van der Waals surface area contributed by atoms with Crippen molar-refractivity contribution in [2.45, 2.75) is 45.8 Å². The molecule has 5 heteroatoms. The highest BCUT2D eigenvalue weighted by atomic mass is 16.3. The molecule has 1 fully saturated rings. The van der Waals surface area contributed by atoms with E-state index in [9.17, 15) is 9.90 Å². The molecule has 1 aliphatic heterocycles. The maximum atomic E-state index is 12.4. The van der Waals surface area contributed by atoms with Crippen molar-refractivity contribution in [2.75, 3.05) is 30.4 Å². The lowest BCUT2D eigenvalue weighted by Gasteiger charge is -2.33. The highest BCUT2D eigenvalue weighted by Gasteiger charge is 2.25. The second kappa shape index (κ2) is 7.68. The first-order valence-corrected chi connectivity index (χ1v) is 8.45. The molecule has 2 amide bonds. The van der Waals surface area contributed by atoms with Crippen LogP contribution in [0.2, 0.25) is 0 Å². The van der Waals surface area contributed by atoms with Crippen molar-refractivity contribution in [3.63, 3.8) is 0 Å². The summed E-state index contributed by atoms with van der Waals surface area (Å²) in [6.45, 7) is 7.51. The van der Waals surface area contributed by atoms with E-state index in [-0.39, 0.29) is 12.1 Å². The van der Waals surface area contributed by atoms with Gasteiger partial charge in [0.05, 0.1) is 6.10 Å². The third kappa shape index (κ3) is 4.61. The van der Waals surface area contributed by atoms with Crippen LogP contribution in [-0.2, 0) is 0 Å². The largest absolute Gasteiger partial charge is 0.393 e. The van der Waals surface area contributed by atoms with Crippen molar-refractivity contribution in [3.05, 3.63) is 24.3 Å². The topological polar surface area (TPSA) is 55.8 Å². The number of nitrogens with zero attached hydrogens (tertiary/aromatic N) is 2. The summed E-state index contributed by atoms with van der Waals surface area (Å²) in [6.07, 6.45) is 1.44. The molecular formula is C18H29N3O2. The zero-order valence-electron chi connectivity index (χ0n) is 14.6. The van der Waals surface area contributed by atoms with Crippen LogP contribution in [0.5, 0.6) is 0 Å². The highest BCUT2D eigenvalue weighted by Crippen LogP contribution is 2.23. The number of amides is 2. The van der Waals surface area contributed by atoms with E-state index in [1.54, 1.807) is 0 Å². The van der Waals surface area contributed by atoms with Crippen LogP contribution >= 0.6 is 0 Å². The van der Waals surface area contributed by atoms with E-state index in [2.05, 4.69) is 24.1 Å². The van der Waals surface area contributed by atoms with E-state index >= 15 is 0 Å². The van der Waals surface area contributed by atoms with Gasteiger partial charge < -0.3 is 20.2 Å². The van der Waals surface area contributed by atoms with Crippen LogP contribution < -0.4 is 10.2 Å². The molecule has 2 N–H and O–H groups in total. The quantitative estimate of drug-likeness (QED) is 0.896. The fourth-order valence-electron chi connectivity index (χ4n) is 2.89. The Bertz CT molecular complexity index is 523. The molecule has 1 aromatic carbocycles. The molecule has 1 heterocycles. The molecule has 1 atom stereocenters. The van der Waals surface area contributed by atoms with E-state index in [1.165, 1.54) is 0 Å². The highest BCUT2D eigenvalue weighted by molar-refractivity contribution is 5.90. The molecule has 1 unspecified atom stereocenters. The molecule has 0 aromatic heterocycles. The number of urea groups is 1. The van der Waals surface area contributed by atoms with Gasteiger partial charge in [0.25, 0.3) is 0 Å². The van der Waals surface area contributed by atoms with Crippen molar-refractivity contribution >= 4 is 17.4 Å². The Morgan fingerprint density at radius 1 is 1.30 bits per heavy atom. The van der Waals surface area contributed by atoms with E-state index in [0.717, 1.165) is 24.2 Å². The van der Waals surface area contributed by atoms with Crippen LogP contribution in [0.4, 0.5) is 16.2 Å². The number of piperidine rings is 1. The van der Waals surface area contributed by atoms with Gasteiger partial charge in [-0.3, -0.25) is 0 Å². The number of likely N-dealkylation sites (tertiary alicyclic amines) is 1. The fourth-order valence-corrected chi connectivity index (χ4v) is 2.89. The maximum absolute atomic E-state index is 12.4. The first kappa shape index (κ1) is 17.6. The van der Waals surface area contributed by atoms with Crippen LogP contribution in [-0.4, -0.2) is 48.3 Å². The van der Waals surface area contributed by atoms with Gasteiger partial charge in [0.1, 0.15) is 0 Å². The third-order valence-corrected chi connectivity index (χ3v) is 4.79. The Balaban J connectivity index is 1.94. The van der Waals surface area contributed by atoms with Crippen LogP contribution in [0.15, 0.2) is 24.3 Å². The smallest absolute Gasteiger partial charge is 0.321 e. The van der Waals surface area contributed by atoms with Crippen LogP contribution in [0.25, 0.3) is 0 Å². The number of hydrogen-bond acceptors (Lipinski definition) is 3. The Labute approximate surface area is 139 Å². The summed E-state index contributed by atoms with van der Waals surface area (Å²) in [5.41, 5.74) is 1.91. The van der Waals surface area contributed by atoms with E-state index in [4.69, 9.17) is 0 Å². The average Bonchev–Trinajstić information content (AvgIpc) is 2.54. The molecule has 1 aromatic rings. The number of carbonyl (C=O) groups excluding carboxylic acids is 1. The first-order chi connectivity index (χ1) is 10.9. The number of aliphatic hydroxyl groups is 1. The standard InChI is InChI=1S/C18H29N3O2/c1-13(2)20(4)17-7-5-6-16(12-17)19-18(23)21-10-8-15(9-11-21)14(3)22/h5-7,12-15,22H,8-11H2,1-4H3,(H,19,23). The van der Waals surface area contributed by atoms with Gasteiger partial charge in [-0.25, -0.2) is 4.79 Å². The van der Waals surface area contributed by atoms with E-state index < -0.39 is 0 Å². The van der Waals surface area contributed by atoms with Gasteiger partial charge in [-0.2, -0.15) is 0 Å². The summed E-state index contributed by atoms with van der Waals surface area (Å²) in [7, 11) is 2.05.